The van der Waals surface area contributed by atoms with Crippen molar-refractivity contribution in [2.75, 3.05) is 13.7 Å². The van der Waals surface area contributed by atoms with Crippen molar-refractivity contribution in [3.8, 4) is 0 Å². The summed E-state index contributed by atoms with van der Waals surface area (Å²) < 4.78 is 25.6. The predicted octanol–water partition coefficient (Wildman–Crippen LogP) is 3.56. The lowest BCUT2D eigenvalue weighted by Crippen LogP contribution is -2.46. The average Bonchev–Trinajstić information content (AvgIpc) is 3.58. The molecule has 0 spiro atoms. The van der Waals surface area contributed by atoms with Crippen LogP contribution in [0.4, 0.5) is 14.4 Å². The highest BCUT2D eigenvalue weighted by Gasteiger charge is 2.54. The van der Waals surface area contributed by atoms with Crippen LogP contribution in [-0.2, 0) is 39.9 Å². The van der Waals surface area contributed by atoms with E-state index in [4.69, 9.17) is 18.9 Å². The molecular formula is C26H36N2O10. The minimum Gasteiger partial charge on any atom is -0.467 e. The minimum atomic E-state index is -1.34. The summed E-state index contributed by atoms with van der Waals surface area (Å²) in [5.41, 5.74) is -1.05. The average molecular weight is 537 g/mol. The van der Waals surface area contributed by atoms with E-state index >= 15 is 0 Å². The Morgan fingerprint density at radius 1 is 0.921 bits per heavy atom. The highest BCUT2D eigenvalue weighted by atomic mass is 16.6. The van der Waals surface area contributed by atoms with Gasteiger partial charge in [0.05, 0.1) is 19.1 Å². The molecule has 0 heterocycles. The number of alkyl carbamates (subject to hydrolysis) is 1. The largest absolute Gasteiger partial charge is 0.467 e. The fraction of sp³-hybridized carbons (Fsp3) is 0.577. The Morgan fingerprint density at radius 2 is 1.47 bits per heavy atom. The first kappa shape index (κ1) is 30.4. The molecule has 0 aromatic heterocycles. The van der Waals surface area contributed by atoms with Crippen molar-refractivity contribution in [1.29, 1.82) is 0 Å². The summed E-state index contributed by atoms with van der Waals surface area (Å²) in [6.45, 7) is 9.26. The third-order valence-corrected chi connectivity index (χ3v) is 4.95. The maximum absolute atomic E-state index is 12.7. The Kier molecular flexibility index (Phi) is 10.1. The second kappa shape index (κ2) is 12.6. The van der Waals surface area contributed by atoms with Crippen molar-refractivity contribution in [3.05, 3.63) is 35.9 Å². The molecule has 0 radical (unpaired) electrons. The van der Waals surface area contributed by atoms with Gasteiger partial charge in [-0.05, 0) is 53.5 Å². The second-order valence-electron chi connectivity index (χ2n) is 10.7. The van der Waals surface area contributed by atoms with Crippen molar-refractivity contribution in [2.45, 2.75) is 77.9 Å². The molecule has 1 N–H and O–H groups in total. The van der Waals surface area contributed by atoms with E-state index in [1.807, 2.05) is 6.07 Å². The van der Waals surface area contributed by atoms with Crippen LogP contribution in [0.5, 0.6) is 0 Å². The molecule has 2 rings (SSSR count). The molecule has 1 aromatic carbocycles. The van der Waals surface area contributed by atoms with Gasteiger partial charge in [-0.2, -0.15) is 0 Å². The van der Waals surface area contributed by atoms with Gasteiger partial charge in [-0.3, -0.25) is 4.79 Å². The van der Waals surface area contributed by atoms with Crippen LogP contribution in [0, 0.1) is 5.92 Å². The summed E-state index contributed by atoms with van der Waals surface area (Å²) in [5, 5.41) is 2.30. The Balaban J connectivity index is 1.99. The van der Waals surface area contributed by atoms with Gasteiger partial charge in [0.25, 0.3) is 0 Å². The van der Waals surface area contributed by atoms with E-state index in [0.717, 1.165) is 17.6 Å². The normalized spacial score (nSPS) is 17.3. The van der Waals surface area contributed by atoms with Crippen LogP contribution in [0.1, 0.15) is 53.5 Å². The van der Waals surface area contributed by atoms with Gasteiger partial charge in [0, 0.05) is 0 Å². The molecule has 0 saturated heterocycles. The molecule has 1 saturated carbocycles. The standard InChI is InChI=1S/C26H36N2O10/c1-25(2,3)37-23(32)28(24(33)38-26(4,5)6)19-13-17(19)20(29)35-15-18(21(30)34-7)27-22(31)36-14-16-11-9-8-10-12-16/h8-12,17-19H,13-15H2,1-7H3,(H,27,31)/t17-,18-,19-/m0/s1. The molecule has 3 atom stereocenters. The number of carbonyl (C=O) groups excluding carboxylic acids is 5. The smallest absolute Gasteiger partial charge is 0.420 e. The lowest BCUT2D eigenvalue weighted by Gasteiger charge is -2.28. The summed E-state index contributed by atoms with van der Waals surface area (Å²) in [6.07, 6.45) is -2.71. The SMILES string of the molecule is COC(=O)[C@H](COC(=O)[C@H]1C[C@@H]1N(C(=O)OC(C)(C)C)C(=O)OC(C)(C)C)NC(=O)OCc1ccccc1. The molecule has 12 heteroatoms. The van der Waals surface area contributed by atoms with E-state index in [2.05, 4.69) is 10.1 Å². The van der Waals surface area contributed by atoms with Crippen LogP contribution < -0.4 is 5.32 Å². The van der Waals surface area contributed by atoms with Gasteiger partial charge in [0.15, 0.2) is 6.04 Å². The number of imide groups is 1. The number of carbonyl (C=O) groups is 5. The van der Waals surface area contributed by atoms with E-state index in [-0.39, 0.29) is 13.0 Å². The first-order valence-corrected chi connectivity index (χ1v) is 12.1. The number of ether oxygens (including phenoxy) is 5. The number of nitrogens with zero attached hydrogens (tertiary/aromatic N) is 1. The molecular weight excluding hydrogens is 500 g/mol. The van der Waals surface area contributed by atoms with Gasteiger partial charge in [0.1, 0.15) is 24.4 Å². The van der Waals surface area contributed by atoms with Gasteiger partial charge in [-0.1, -0.05) is 30.3 Å². The van der Waals surface area contributed by atoms with Crippen molar-refractivity contribution >= 4 is 30.2 Å². The first-order chi connectivity index (χ1) is 17.6. The fourth-order valence-electron chi connectivity index (χ4n) is 3.18. The van der Waals surface area contributed by atoms with Gasteiger partial charge in [-0.25, -0.2) is 24.1 Å². The van der Waals surface area contributed by atoms with Crippen LogP contribution in [0.25, 0.3) is 0 Å². The molecule has 3 amide bonds. The Labute approximate surface area is 221 Å². The molecule has 12 nitrogen and oxygen atoms in total. The molecule has 0 aliphatic heterocycles. The zero-order valence-electron chi connectivity index (χ0n) is 22.8. The van der Waals surface area contributed by atoms with Crippen LogP contribution in [-0.4, -0.2) is 72.1 Å². The van der Waals surface area contributed by atoms with Gasteiger partial charge >= 0.3 is 30.2 Å². The highest BCUT2D eigenvalue weighted by Crippen LogP contribution is 2.38. The van der Waals surface area contributed by atoms with E-state index in [0.29, 0.717) is 0 Å². The molecule has 1 fully saturated rings. The quantitative estimate of drug-likeness (QED) is 0.386. The summed E-state index contributed by atoms with van der Waals surface area (Å²) in [6, 6.07) is 6.71. The Hall–Kier alpha value is -3.83. The second-order valence-corrected chi connectivity index (χ2v) is 10.7. The van der Waals surface area contributed by atoms with Crippen molar-refractivity contribution < 1.29 is 47.7 Å². The summed E-state index contributed by atoms with van der Waals surface area (Å²) in [7, 11) is 1.12. The van der Waals surface area contributed by atoms with Crippen molar-refractivity contribution in [1.82, 2.24) is 10.2 Å². The Bertz CT molecular complexity index is 985. The number of amides is 3. The predicted molar refractivity (Wildman–Crippen MR) is 133 cm³/mol. The van der Waals surface area contributed by atoms with Crippen LogP contribution in [0.2, 0.25) is 0 Å². The number of esters is 2. The molecule has 1 aromatic rings. The van der Waals surface area contributed by atoms with Crippen molar-refractivity contribution in [2.24, 2.45) is 5.92 Å². The number of nitrogens with one attached hydrogen (secondary N) is 1. The van der Waals surface area contributed by atoms with Crippen LogP contribution in [0.3, 0.4) is 0 Å². The third kappa shape index (κ3) is 9.91. The number of hydrogen-bond acceptors (Lipinski definition) is 10. The maximum Gasteiger partial charge on any atom is 0.420 e. The zero-order chi connectivity index (χ0) is 28.7. The van der Waals surface area contributed by atoms with E-state index in [1.54, 1.807) is 65.8 Å². The maximum atomic E-state index is 12.7. The fourth-order valence-corrected chi connectivity index (χ4v) is 3.18. The summed E-state index contributed by atoms with van der Waals surface area (Å²) >= 11 is 0. The molecule has 0 unspecified atom stereocenters. The number of benzene rings is 1. The number of methoxy groups -OCH3 is 1. The van der Waals surface area contributed by atoms with Gasteiger partial charge in [-0.15, -0.1) is 0 Å². The minimum absolute atomic E-state index is 0.0325. The third-order valence-electron chi connectivity index (χ3n) is 4.95. The molecule has 0 bridgehead atoms. The molecule has 1 aliphatic rings. The number of hydrogen-bond donors (Lipinski definition) is 1. The topological polar surface area (TPSA) is 147 Å². The van der Waals surface area contributed by atoms with Crippen LogP contribution >= 0.6 is 0 Å². The van der Waals surface area contributed by atoms with Gasteiger partial charge < -0.3 is 29.0 Å². The zero-order valence-corrected chi connectivity index (χ0v) is 22.8. The number of rotatable bonds is 8. The van der Waals surface area contributed by atoms with Crippen LogP contribution in [0.15, 0.2) is 30.3 Å². The summed E-state index contributed by atoms with van der Waals surface area (Å²) in [5.74, 6) is -2.50. The van der Waals surface area contributed by atoms with Crippen molar-refractivity contribution in [3.63, 3.8) is 0 Å². The molecule has 1 aliphatic carbocycles. The lowest BCUT2D eigenvalue weighted by molar-refractivity contribution is -0.151. The summed E-state index contributed by atoms with van der Waals surface area (Å²) in [4.78, 5) is 63.2. The molecule has 210 valence electrons. The lowest BCUT2D eigenvalue weighted by atomic mass is 10.2. The van der Waals surface area contributed by atoms with E-state index in [9.17, 15) is 24.0 Å². The first-order valence-electron chi connectivity index (χ1n) is 12.1. The van der Waals surface area contributed by atoms with E-state index in [1.165, 1.54) is 0 Å². The molecule has 38 heavy (non-hydrogen) atoms. The monoisotopic (exact) mass is 536 g/mol. The Morgan fingerprint density at radius 3 is 1.97 bits per heavy atom. The highest BCUT2D eigenvalue weighted by molar-refractivity contribution is 5.91. The van der Waals surface area contributed by atoms with Gasteiger partial charge in [0.2, 0.25) is 0 Å². The van der Waals surface area contributed by atoms with E-state index < -0.39 is 66.0 Å².